The third-order valence-corrected chi connectivity index (χ3v) is 2.55. The van der Waals surface area contributed by atoms with Crippen molar-refractivity contribution < 1.29 is 69.1 Å². The van der Waals surface area contributed by atoms with Gasteiger partial charge in [0.25, 0.3) is 0 Å². The molecule has 0 saturated heterocycles. The van der Waals surface area contributed by atoms with E-state index in [-0.39, 0.29) is 51.4 Å². The Kier molecular flexibility index (Phi) is 8.88. The molecule has 0 aliphatic rings. The molecule has 1 aromatic rings. The monoisotopic (exact) mass is 284 g/mol. The molecule has 0 radical (unpaired) electrons. The van der Waals surface area contributed by atoms with E-state index in [4.69, 9.17) is 4.74 Å². The first kappa shape index (κ1) is 18.5. The summed E-state index contributed by atoms with van der Waals surface area (Å²) in [6.07, 6.45) is 2.07. The predicted molar refractivity (Wildman–Crippen MR) is 64.7 cm³/mol. The minimum absolute atomic E-state index is 0. The van der Waals surface area contributed by atoms with Crippen LogP contribution in [0.2, 0.25) is 0 Å². The Balaban J connectivity index is 0.00000289. The third kappa shape index (κ3) is 6.61. The van der Waals surface area contributed by atoms with Crippen molar-refractivity contribution in [1.82, 2.24) is 0 Å². The fraction of sp³-hybridized carbons (Fsp3) is 0.500. The van der Waals surface area contributed by atoms with Crippen molar-refractivity contribution >= 4 is 12.4 Å². The Morgan fingerprint density at radius 1 is 1.28 bits per heavy atom. The maximum atomic E-state index is 12.5. The molecule has 0 saturated carbocycles. The Hall–Kier alpha value is 0.511. The van der Waals surface area contributed by atoms with Gasteiger partial charge in [-0.3, -0.25) is 0 Å². The van der Waals surface area contributed by atoms with Crippen LogP contribution in [-0.2, 0) is 0 Å². The van der Waals surface area contributed by atoms with Crippen LogP contribution in [0.25, 0.3) is 0 Å². The molecule has 0 aliphatic heterocycles. The second kappa shape index (κ2) is 8.64. The van der Waals surface area contributed by atoms with Crippen molar-refractivity contribution in [3.63, 3.8) is 0 Å². The average Bonchev–Trinajstić information content (AvgIpc) is 2.26. The Labute approximate surface area is 149 Å². The van der Waals surface area contributed by atoms with E-state index < -0.39 is 12.4 Å². The first-order valence-corrected chi connectivity index (χ1v) is 5.86. The molecule has 0 heterocycles. The molecule has 1 unspecified atom stereocenters. The minimum atomic E-state index is -4.94. The molecular weight excluding hydrogens is 267 g/mol. The molecule has 0 amide bonds. The Morgan fingerprint density at radius 2 is 1.94 bits per heavy atom. The molecule has 0 fully saturated rings. The van der Waals surface area contributed by atoms with Gasteiger partial charge in [-0.05, 0) is 24.5 Å². The van der Waals surface area contributed by atoms with Crippen molar-refractivity contribution in [3.8, 4) is 5.75 Å². The molecule has 1 nitrogen and oxygen atoms in total. The largest absolute Gasteiger partial charge is 1.00 e. The van der Waals surface area contributed by atoms with E-state index in [2.05, 4.69) is 6.92 Å². The summed E-state index contributed by atoms with van der Waals surface area (Å²) in [6, 6.07) is 5.08. The summed E-state index contributed by atoms with van der Waals surface area (Å²) in [6.45, 7) is -0.381. The van der Waals surface area contributed by atoms with E-state index in [1.807, 2.05) is 6.92 Å². The molecule has 1 aromatic carbocycles. The van der Waals surface area contributed by atoms with Gasteiger partial charge in [0.1, 0.15) is 5.75 Å². The van der Waals surface area contributed by atoms with E-state index in [0.29, 0.717) is 18.3 Å². The van der Waals surface area contributed by atoms with Gasteiger partial charge in [-0.25, -0.2) is 0 Å². The average molecular weight is 284 g/mol. The van der Waals surface area contributed by atoms with Crippen molar-refractivity contribution in [2.75, 3.05) is 6.61 Å². The summed E-state index contributed by atoms with van der Waals surface area (Å²) < 4.78 is 42.8. The summed E-state index contributed by atoms with van der Waals surface area (Å²) in [5, 5.41) is 0. The van der Waals surface area contributed by atoms with Crippen LogP contribution in [-0.4, -0.2) is 13.6 Å². The summed E-state index contributed by atoms with van der Waals surface area (Å²) in [7, 11) is 0. The maximum Gasteiger partial charge on any atom is 1.00 e. The first-order valence-electron chi connectivity index (χ1n) is 5.86. The van der Waals surface area contributed by atoms with E-state index in [9.17, 15) is 12.9 Å². The standard InChI is InChI=1S/C12H17BF3O.K/c1-3-5-10(2)9-17-12-7-4-6-11(8-12)13(14,15)16;/h4,6-8,10H,3,5,9H2,1-2H3;/q-1;+1. The number of benzene rings is 1. The molecule has 0 N–H and O–H groups in total. The number of ether oxygens (including phenoxy) is 1. The fourth-order valence-electron chi connectivity index (χ4n) is 1.62. The van der Waals surface area contributed by atoms with Crippen LogP contribution >= 0.6 is 0 Å². The Morgan fingerprint density at radius 3 is 2.50 bits per heavy atom. The van der Waals surface area contributed by atoms with E-state index >= 15 is 0 Å². The topological polar surface area (TPSA) is 9.23 Å². The van der Waals surface area contributed by atoms with Gasteiger partial charge in [-0.15, -0.1) is 5.46 Å². The van der Waals surface area contributed by atoms with Gasteiger partial charge in [-0.1, -0.05) is 32.4 Å². The molecule has 96 valence electrons. The minimum Gasteiger partial charge on any atom is -0.493 e. The molecule has 1 atom stereocenters. The van der Waals surface area contributed by atoms with Crippen LogP contribution in [0.15, 0.2) is 24.3 Å². The van der Waals surface area contributed by atoms with Gasteiger partial charge in [0.2, 0.25) is 0 Å². The maximum absolute atomic E-state index is 12.5. The summed E-state index contributed by atoms with van der Waals surface area (Å²) in [4.78, 5) is 0. The summed E-state index contributed by atoms with van der Waals surface area (Å²) in [5.41, 5.74) is -0.606. The smallest absolute Gasteiger partial charge is 0.493 e. The molecule has 0 aliphatic carbocycles. The van der Waals surface area contributed by atoms with Crippen LogP contribution in [0.4, 0.5) is 12.9 Å². The van der Waals surface area contributed by atoms with E-state index in [0.717, 1.165) is 25.0 Å². The van der Waals surface area contributed by atoms with Crippen molar-refractivity contribution in [1.29, 1.82) is 0 Å². The van der Waals surface area contributed by atoms with Gasteiger partial charge in [0, 0.05) is 0 Å². The molecule has 6 heteroatoms. The van der Waals surface area contributed by atoms with Crippen molar-refractivity contribution in [2.24, 2.45) is 5.92 Å². The Bertz CT molecular complexity index is 357. The second-order valence-electron chi connectivity index (χ2n) is 4.35. The van der Waals surface area contributed by atoms with Gasteiger partial charge in [0.15, 0.2) is 0 Å². The van der Waals surface area contributed by atoms with Crippen molar-refractivity contribution in [2.45, 2.75) is 26.7 Å². The zero-order chi connectivity index (χ0) is 12.9. The van der Waals surface area contributed by atoms with Gasteiger partial charge >= 0.3 is 58.4 Å². The van der Waals surface area contributed by atoms with Crippen LogP contribution in [0.3, 0.4) is 0 Å². The van der Waals surface area contributed by atoms with E-state index in [1.165, 1.54) is 6.07 Å². The predicted octanol–water partition coefficient (Wildman–Crippen LogP) is 0.560. The molecule has 18 heavy (non-hydrogen) atoms. The SMILES string of the molecule is CCCC(C)COc1cccc([B-](F)(F)F)c1.[K+]. The quantitative estimate of drug-likeness (QED) is 0.694. The summed E-state index contributed by atoms with van der Waals surface area (Å²) >= 11 is 0. The van der Waals surface area contributed by atoms with Crippen LogP contribution in [0.1, 0.15) is 26.7 Å². The van der Waals surface area contributed by atoms with Crippen molar-refractivity contribution in [3.05, 3.63) is 24.3 Å². The number of halogens is 3. The molecule has 0 spiro atoms. The second-order valence-corrected chi connectivity index (χ2v) is 4.35. The molecular formula is C12H17BF3KO. The molecule has 0 aromatic heterocycles. The zero-order valence-electron chi connectivity index (χ0n) is 11.1. The normalized spacial score (nSPS) is 12.7. The summed E-state index contributed by atoms with van der Waals surface area (Å²) in [5.74, 6) is 0.657. The van der Waals surface area contributed by atoms with Crippen LogP contribution in [0.5, 0.6) is 5.75 Å². The zero-order valence-corrected chi connectivity index (χ0v) is 14.3. The van der Waals surface area contributed by atoms with Crippen LogP contribution < -0.4 is 61.6 Å². The number of hydrogen-bond donors (Lipinski definition) is 0. The third-order valence-electron chi connectivity index (χ3n) is 2.55. The molecule has 0 bridgehead atoms. The number of hydrogen-bond acceptors (Lipinski definition) is 1. The van der Waals surface area contributed by atoms with Crippen LogP contribution in [0, 0.1) is 5.92 Å². The van der Waals surface area contributed by atoms with Gasteiger partial charge in [0.05, 0.1) is 6.61 Å². The first-order chi connectivity index (χ1) is 7.93. The number of rotatable bonds is 6. The van der Waals surface area contributed by atoms with E-state index in [1.54, 1.807) is 6.07 Å². The van der Waals surface area contributed by atoms with Gasteiger partial charge < -0.3 is 17.7 Å². The fourth-order valence-corrected chi connectivity index (χ4v) is 1.62. The van der Waals surface area contributed by atoms with Gasteiger partial charge in [-0.2, -0.15) is 0 Å². The molecule has 1 rings (SSSR count).